The zero-order chi connectivity index (χ0) is 16.8. The lowest BCUT2D eigenvalue weighted by molar-refractivity contribution is -0.113. The molecule has 2 heterocycles. The maximum Gasteiger partial charge on any atom is 0.410 e. The largest absolute Gasteiger partial charge is 0.444 e. The van der Waals surface area contributed by atoms with Gasteiger partial charge in [-0.15, -0.1) is 0 Å². The van der Waals surface area contributed by atoms with Crippen LogP contribution in [0.3, 0.4) is 0 Å². The fraction of sp³-hybridized carbons (Fsp3) is 0.944. The molecule has 5 heteroatoms. The van der Waals surface area contributed by atoms with Gasteiger partial charge in [0.25, 0.3) is 0 Å². The molecule has 0 spiro atoms. The molecule has 0 aromatic carbocycles. The third-order valence-electron chi connectivity index (χ3n) is 5.68. The second-order valence-corrected chi connectivity index (χ2v) is 8.92. The van der Waals surface area contributed by atoms with Crippen LogP contribution in [0.5, 0.6) is 0 Å². The maximum absolute atomic E-state index is 12.4. The molecule has 4 unspecified atom stereocenters. The highest BCUT2D eigenvalue weighted by Crippen LogP contribution is 2.52. The van der Waals surface area contributed by atoms with Gasteiger partial charge in [-0.05, 0) is 40.0 Å². The van der Waals surface area contributed by atoms with Crippen molar-refractivity contribution >= 4 is 6.09 Å². The van der Waals surface area contributed by atoms with Crippen molar-refractivity contribution in [1.29, 1.82) is 0 Å². The summed E-state index contributed by atoms with van der Waals surface area (Å²) in [5.74, 6) is 0.640. The molecular formula is C18H32N2O3. The van der Waals surface area contributed by atoms with Crippen LogP contribution in [0.15, 0.2) is 0 Å². The van der Waals surface area contributed by atoms with Gasteiger partial charge in [0.15, 0.2) is 0 Å². The lowest BCUT2D eigenvalue weighted by Crippen LogP contribution is -2.66. The fourth-order valence-corrected chi connectivity index (χ4v) is 4.61. The third kappa shape index (κ3) is 3.22. The van der Waals surface area contributed by atoms with Gasteiger partial charge in [0, 0.05) is 43.1 Å². The molecule has 23 heavy (non-hydrogen) atoms. The smallest absolute Gasteiger partial charge is 0.410 e. The average Bonchev–Trinajstić information content (AvgIpc) is 3.04. The molecule has 132 valence electrons. The Kier molecular flexibility index (Phi) is 4.38. The molecule has 2 aliphatic heterocycles. The van der Waals surface area contributed by atoms with Gasteiger partial charge in [0.05, 0.1) is 6.10 Å². The van der Waals surface area contributed by atoms with Crippen molar-refractivity contribution < 1.29 is 14.3 Å². The first kappa shape index (κ1) is 17.0. The lowest BCUT2D eigenvalue weighted by Gasteiger charge is -2.55. The zero-order valence-electron chi connectivity index (χ0n) is 15.2. The molecule has 0 bridgehead atoms. The van der Waals surface area contributed by atoms with E-state index in [4.69, 9.17) is 9.47 Å². The Morgan fingerprint density at radius 1 is 1.35 bits per heavy atom. The van der Waals surface area contributed by atoms with Gasteiger partial charge in [0.2, 0.25) is 0 Å². The summed E-state index contributed by atoms with van der Waals surface area (Å²) >= 11 is 0. The predicted molar refractivity (Wildman–Crippen MR) is 89.4 cm³/mol. The third-order valence-corrected chi connectivity index (χ3v) is 5.68. The Bertz CT molecular complexity index is 458. The van der Waals surface area contributed by atoms with E-state index in [9.17, 15) is 4.79 Å². The zero-order valence-corrected chi connectivity index (χ0v) is 15.2. The van der Waals surface area contributed by atoms with Crippen LogP contribution in [0.4, 0.5) is 4.79 Å². The molecular weight excluding hydrogens is 292 g/mol. The predicted octanol–water partition coefficient (Wildman–Crippen LogP) is 2.79. The van der Waals surface area contributed by atoms with Crippen LogP contribution in [0, 0.1) is 11.3 Å². The number of fused-ring (bicyclic) bond motifs is 1. The monoisotopic (exact) mass is 324 g/mol. The molecule has 1 aliphatic carbocycles. The SMILES string of the molecule is CC(C)(C)OC(=O)N1CCCC1CNC1C2CCOC2C1(C)C. The minimum Gasteiger partial charge on any atom is -0.444 e. The van der Waals surface area contributed by atoms with E-state index < -0.39 is 5.60 Å². The minimum atomic E-state index is -0.429. The summed E-state index contributed by atoms with van der Waals surface area (Å²) in [7, 11) is 0. The van der Waals surface area contributed by atoms with Crippen molar-refractivity contribution in [2.75, 3.05) is 19.7 Å². The van der Waals surface area contributed by atoms with E-state index in [0.29, 0.717) is 18.1 Å². The quantitative estimate of drug-likeness (QED) is 0.867. The van der Waals surface area contributed by atoms with Crippen molar-refractivity contribution in [2.45, 2.75) is 77.7 Å². The molecule has 0 aromatic rings. The number of carbonyl (C=O) groups excluding carboxylic acids is 1. The summed E-state index contributed by atoms with van der Waals surface area (Å²) in [5, 5.41) is 3.74. The van der Waals surface area contributed by atoms with Crippen molar-refractivity contribution in [2.24, 2.45) is 11.3 Å². The molecule has 2 saturated heterocycles. The van der Waals surface area contributed by atoms with E-state index in [1.807, 2.05) is 25.7 Å². The number of rotatable bonds is 3. The first-order chi connectivity index (χ1) is 10.7. The first-order valence-electron chi connectivity index (χ1n) is 9.05. The van der Waals surface area contributed by atoms with Gasteiger partial charge >= 0.3 is 6.09 Å². The van der Waals surface area contributed by atoms with Gasteiger partial charge in [0.1, 0.15) is 5.60 Å². The van der Waals surface area contributed by atoms with Crippen LogP contribution in [-0.4, -0.2) is 54.5 Å². The highest BCUT2D eigenvalue weighted by molar-refractivity contribution is 5.69. The van der Waals surface area contributed by atoms with Crippen LogP contribution in [0.1, 0.15) is 53.9 Å². The molecule has 3 aliphatic rings. The number of hydrogen-bond donors (Lipinski definition) is 1. The lowest BCUT2D eigenvalue weighted by atomic mass is 9.57. The standard InChI is InChI=1S/C18H32N2O3/c1-17(2,3)23-16(21)20-9-6-7-12(20)11-19-14-13-8-10-22-15(13)18(14,4)5/h12-15,19H,6-11H2,1-5H3. The number of amides is 1. The number of hydrogen-bond acceptors (Lipinski definition) is 4. The minimum absolute atomic E-state index is 0.170. The Hall–Kier alpha value is -0.810. The van der Waals surface area contributed by atoms with Crippen molar-refractivity contribution in [3.05, 3.63) is 0 Å². The molecule has 1 saturated carbocycles. The van der Waals surface area contributed by atoms with Crippen LogP contribution in [-0.2, 0) is 9.47 Å². The van der Waals surface area contributed by atoms with E-state index in [0.717, 1.165) is 39.0 Å². The van der Waals surface area contributed by atoms with E-state index >= 15 is 0 Å². The molecule has 4 atom stereocenters. The maximum atomic E-state index is 12.4. The molecule has 0 radical (unpaired) electrons. The topological polar surface area (TPSA) is 50.8 Å². The van der Waals surface area contributed by atoms with Crippen molar-refractivity contribution in [3.63, 3.8) is 0 Å². The second kappa shape index (κ2) is 5.92. The number of likely N-dealkylation sites (tertiary alicyclic amines) is 1. The van der Waals surface area contributed by atoms with Gasteiger partial charge in [-0.1, -0.05) is 13.8 Å². The first-order valence-corrected chi connectivity index (χ1v) is 9.05. The van der Waals surface area contributed by atoms with Crippen LogP contribution >= 0.6 is 0 Å². The molecule has 3 rings (SSSR count). The van der Waals surface area contributed by atoms with Gasteiger partial charge in [-0.3, -0.25) is 0 Å². The van der Waals surface area contributed by atoms with E-state index in [2.05, 4.69) is 19.2 Å². The molecule has 0 aromatic heterocycles. The Morgan fingerprint density at radius 2 is 2.09 bits per heavy atom. The summed E-state index contributed by atoms with van der Waals surface area (Å²) in [6.45, 7) is 12.9. The summed E-state index contributed by atoms with van der Waals surface area (Å²) in [5.41, 5.74) is -0.238. The second-order valence-electron chi connectivity index (χ2n) is 8.92. The van der Waals surface area contributed by atoms with Crippen molar-refractivity contribution in [3.8, 4) is 0 Å². The Morgan fingerprint density at radius 3 is 2.78 bits per heavy atom. The van der Waals surface area contributed by atoms with Gasteiger partial charge in [-0.2, -0.15) is 0 Å². The normalized spacial score (nSPS) is 35.8. The summed E-state index contributed by atoms with van der Waals surface area (Å²) < 4.78 is 11.4. The number of ether oxygens (including phenoxy) is 2. The summed E-state index contributed by atoms with van der Waals surface area (Å²) in [4.78, 5) is 14.3. The van der Waals surface area contributed by atoms with Crippen LogP contribution in [0.2, 0.25) is 0 Å². The van der Waals surface area contributed by atoms with E-state index in [1.165, 1.54) is 0 Å². The molecule has 1 N–H and O–H groups in total. The highest BCUT2D eigenvalue weighted by Gasteiger charge is 2.59. The van der Waals surface area contributed by atoms with E-state index in [1.54, 1.807) is 0 Å². The Balaban J connectivity index is 1.54. The molecule has 5 nitrogen and oxygen atoms in total. The van der Waals surface area contributed by atoms with Crippen LogP contribution < -0.4 is 5.32 Å². The highest BCUT2D eigenvalue weighted by atomic mass is 16.6. The Labute approximate surface area is 140 Å². The van der Waals surface area contributed by atoms with E-state index in [-0.39, 0.29) is 17.6 Å². The number of carbonyl (C=O) groups is 1. The summed E-state index contributed by atoms with van der Waals surface area (Å²) in [6, 6.07) is 0.748. The number of nitrogens with one attached hydrogen (secondary N) is 1. The van der Waals surface area contributed by atoms with Crippen LogP contribution in [0.25, 0.3) is 0 Å². The fourth-order valence-electron chi connectivity index (χ4n) is 4.61. The molecule has 3 fully saturated rings. The summed E-state index contributed by atoms with van der Waals surface area (Å²) in [6.07, 6.45) is 3.52. The average molecular weight is 324 g/mol. The van der Waals surface area contributed by atoms with Crippen molar-refractivity contribution in [1.82, 2.24) is 10.2 Å². The van der Waals surface area contributed by atoms with Gasteiger partial charge in [-0.25, -0.2) is 4.79 Å². The van der Waals surface area contributed by atoms with Gasteiger partial charge < -0.3 is 19.7 Å². The number of nitrogens with zero attached hydrogens (tertiary/aromatic N) is 1. The molecule has 1 amide bonds.